The standard InChI is InChI=1S/C17H19FN2O/c1-12-4-3-5-16(10-12)20-13(2)17(21)19-11-14-6-8-15(18)9-7-14/h3-10,13,20H,11H2,1-2H3,(H,19,21). The largest absolute Gasteiger partial charge is 0.374 e. The molecule has 3 nitrogen and oxygen atoms in total. The molecule has 0 saturated carbocycles. The van der Waals surface area contributed by atoms with Crippen LogP contribution >= 0.6 is 0 Å². The van der Waals surface area contributed by atoms with Crippen LogP contribution in [0, 0.1) is 12.7 Å². The van der Waals surface area contributed by atoms with Gasteiger partial charge in [0.15, 0.2) is 0 Å². The van der Waals surface area contributed by atoms with E-state index in [0.29, 0.717) is 6.54 Å². The lowest BCUT2D eigenvalue weighted by atomic mass is 10.2. The van der Waals surface area contributed by atoms with Crippen molar-refractivity contribution >= 4 is 11.6 Å². The number of benzene rings is 2. The molecule has 0 spiro atoms. The summed E-state index contributed by atoms with van der Waals surface area (Å²) in [6.07, 6.45) is 0. The van der Waals surface area contributed by atoms with E-state index in [4.69, 9.17) is 0 Å². The third-order valence-electron chi connectivity index (χ3n) is 3.17. The summed E-state index contributed by atoms with van der Waals surface area (Å²) in [7, 11) is 0. The molecule has 1 unspecified atom stereocenters. The summed E-state index contributed by atoms with van der Waals surface area (Å²) < 4.78 is 12.8. The lowest BCUT2D eigenvalue weighted by Gasteiger charge is -2.15. The van der Waals surface area contributed by atoms with E-state index < -0.39 is 0 Å². The van der Waals surface area contributed by atoms with Gasteiger partial charge in [0.25, 0.3) is 0 Å². The summed E-state index contributed by atoms with van der Waals surface area (Å²) in [5.41, 5.74) is 2.92. The number of hydrogen-bond acceptors (Lipinski definition) is 2. The number of anilines is 1. The Kier molecular flexibility index (Phi) is 4.93. The number of amides is 1. The van der Waals surface area contributed by atoms with Crippen LogP contribution < -0.4 is 10.6 Å². The number of carbonyl (C=O) groups is 1. The third kappa shape index (κ3) is 4.60. The molecule has 2 rings (SSSR count). The Hall–Kier alpha value is -2.36. The maximum atomic E-state index is 12.8. The zero-order valence-electron chi connectivity index (χ0n) is 12.2. The van der Waals surface area contributed by atoms with Crippen LogP contribution in [-0.2, 0) is 11.3 Å². The first-order valence-electron chi connectivity index (χ1n) is 6.90. The van der Waals surface area contributed by atoms with Crippen molar-refractivity contribution in [3.05, 3.63) is 65.5 Å². The molecule has 0 radical (unpaired) electrons. The monoisotopic (exact) mass is 286 g/mol. The van der Waals surface area contributed by atoms with E-state index >= 15 is 0 Å². The molecule has 1 atom stereocenters. The summed E-state index contributed by atoms with van der Waals surface area (Å²) in [6.45, 7) is 4.20. The molecule has 0 aliphatic carbocycles. The molecule has 0 aromatic heterocycles. The molecule has 4 heteroatoms. The predicted octanol–water partition coefficient (Wildman–Crippen LogP) is 3.25. The number of rotatable bonds is 5. The van der Waals surface area contributed by atoms with Crippen LogP contribution in [0.15, 0.2) is 48.5 Å². The van der Waals surface area contributed by atoms with Gasteiger partial charge >= 0.3 is 0 Å². The summed E-state index contributed by atoms with van der Waals surface area (Å²) >= 11 is 0. The Balaban J connectivity index is 1.86. The van der Waals surface area contributed by atoms with Crippen molar-refractivity contribution in [1.82, 2.24) is 5.32 Å². The van der Waals surface area contributed by atoms with E-state index in [-0.39, 0.29) is 17.8 Å². The lowest BCUT2D eigenvalue weighted by Crippen LogP contribution is -2.37. The third-order valence-corrected chi connectivity index (χ3v) is 3.17. The highest BCUT2D eigenvalue weighted by Crippen LogP contribution is 2.11. The maximum absolute atomic E-state index is 12.8. The lowest BCUT2D eigenvalue weighted by molar-refractivity contribution is -0.121. The fourth-order valence-electron chi connectivity index (χ4n) is 1.99. The van der Waals surface area contributed by atoms with E-state index in [1.54, 1.807) is 12.1 Å². The van der Waals surface area contributed by atoms with E-state index in [2.05, 4.69) is 10.6 Å². The van der Waals surface area contributed by atoms with E-state index in [0.717, 1.165) is 16.8 Å². The van der Waals surface area contributed by atoms with Crippen LogP contribution in [0.5, 0.6) is 0 Å². The average molecular weight is 286 g/mol. The van der Waals surface area contributed by atoms with Gasteiger partial charge in [-0.15, -0.1) is 0 Å². The maximum Gasteiger partial charge on any atom is 0.242 e. The molecular formula is C17H19FN2O. The number of halogens is 1. The molecule has 0 aliphatic heterocycles. The summed E-state index contributed by atoms with van der Waals surface area (Å²) in [5, 5.41) is 5.98. The van der Waals surface area contributed by atoms with Crippen molar-refractivity contribution < 1.29 is 9.18 Å². The number of carbonyl (C=O) groups excluding carboxylic acids is 1. The van der Waals surface area contributed by atoms with E-state index in [1.165, 1.54) is 12.1 Å². The number of hydrogen-bond donors (Lipinski definition) is 2. The fourth-order valence-corrected chi connectivity index (χ4v) is 1.99. The van der Waals surface area contributed by atoms with Gasteiger partial charge in [0, 0.05) is 12.2 Å². The minimum Gasteiger partial charge on any atom is -0.374 e. The van der Waals surface area contributed by atoms with Crippen molar-refractivity contribution in [3.63, 3.8) is 0 Å². The predicted molar refractivity (Wildman–Crippen MR) is 82.5 cm³/mol. The van der Waals surface area contributed by atoms with Crippen LogP contribution in [0.3, 0.4) is 0 Å². The second-order valence-electron chi connectivity index (χ2n) is 5.08. The highest BCUT2D eigenvalue weighted by Gasteiger charge is 2.12. The van der Waals surface area contributed by atoms with Crippen LogP contribution in [0.4, 0.5) is 10.1 Å². The Morgan fingerprint density at radius 2 is 1.90 bits per heavy atom. The van der Waals surface area contributed by atoms with Gasteiger partial charge in [-0.2, -0.15) is 0 Å². The second kappa shape index (κ2) is 6.88. The highest BCUT2D eigenvalue weighted by molar-refractivity contribution is 5.84. The summed E-state index contributed by atoms with van der Waals surface area (Å²) in [5.74, 6) is -0.375. The van der Waals surface area contributed by atoms with Gasteiger partial charge < -0.3 is 10.6 Å². The molecule has 0 saturated heterocycles. The molecule has 2 N–H and O–H groups in total. The van der Waals surface area contributed by atoms with Crippen LogP contribution in [0.25, 0.3) is 0 Å². The topological polar surface area (TPSA) is 41.1 Å². The summed E-state index contributed by atoms with van der Waals surface area (Å²) in [6, 6.07) is 13.6. The van der Waals surface area contributed by atoms with Crippen LogP contribution in [-0.4, -0.2) is 11.9 Å². The average Bonchev–Trinajstić information content (AvgIpc) is 2.46. The molecule has 21 heavy (non-hydrogen) atoms. The van der Waals surface area contributed by atoms with Gasteiger partial charge in [0.1, 0.15) is 11.9 Å². The zero-order valence-corrected chi connectivity index (χ0v) is 12.2. The molecule has 1 amide bonds. The highest BCUT2D eigenvalue weighted by atomic mass is 19.1. The fraction of sp³-hybridized carbons (Fsp3) is 0.235. The van der Waals surface area contributed by atoms with Crippen molar-refractivity contribution in [2.75, 3.05) is 5.32 Å². The molecule has 0 aliphatic rings. The first-order valence-corrected chi connectivity index (χ1v) is 6.90. The number of aryl methyl sites for hydroxylation is 1. The van der Waals surface area contributed by atoms with Crippen LogP contribution in [0.1, 0.15) is 18.1 Å². The second-order valence-corrected chi connectivity index (χ2v) is 5.08. The Morgan fingerprint density at radius 3 is 2.57 bits per heavy atom. The molecule has 2 aromatic rings. The molecule has 0 bridgehead atoms. The normalized spacial score (nSPS) is 11.8. The van der Waals surface area contributed by atoms with Crippen molar-refractivity contribution in [2.45, 2.75) is 26.4 Å². The molecular weight excluding hydrogens is 267 g/mol. The Labute approximate surface area is 124 Å². The van der Waals surface area contributed by atoms with Gasteiger partial charge in [-0.05, 0) is 49.2 Å². The first-order chi connectivity index (χ1) is 10.0. The smallest absolute Gasteiger partial charge is 0.242 e. The van der Waals surface area contributed by atoms with E-state index in [9.17, 15) is 9.18 Å². The van der Waals surface area contributed by atoms with E-state index in [1.807, 2.05) is 38.1 Å². The SMILES string of the molecule is Cc1cccc(NC(C)C(=O)NCc2ccc(F)cc2)c1. The van der Waals surface area contributed by atoms with Crippen LogP contribution in [0.2, 0.25) is 0 Å². The molecule has 110 valence electrons. The van der Waals surface area contributed by atoms with Gasteiger partial charge in [-0.3, -0.25) is 4.79 Å². The Bertz CT molecular complexity index is 610. The van der Waals surface area contributed by atoms with Gasteiger partial charge in [0.2, 0.25) is 5.91 Å². The van der Waals surface area contributed by atoms with Crippen molar-refractivity contribution in [2.24, 2.45) is 0 Å². The minimum atomic E-state index is -0.341. The molecule has 2 aromatic carbocycles. The Morgan fingerprint density at radius 1 is 1.19 bits per heavy atom. The first kappa shape index (κ1) is 15.0. The molecule has 0 heterocycles. The van der Waals surface area contributed by atoms with Crippen molar-refractivity contribution in [3.8, 4) is 0 Å². The minimum absolute atomic E-state index is 0.0965. The molecule has 0 fully saturated rings. The van der Waals surface area contributed by atoms with Gasteiger partial charge in [-0.25, -0.2) is 4.39 Å². The van der Waals surface area contributed by atoms with Gasteiger partial charge in [0.05, 0.1) is 0 Å². The van der Waals surface area contributed by atoms with Gasteiger partial charge in [-0.1, -0.05) is 24.3 Å². The number of nitrogens with one attached hydrogen (secondary N) is 2. The van der Waals surface area contributed by atoms with Crippen molar-refractivity contribution in [1.29, 1.82) is 0 Å². The zero-order chi connectivity index (χ0) is 15.2. The quantitative estimate of drug-likeness (QED) is 0.886. The summed E-state index contributed by atoms with van der Waals surface area (Å²) in [4.78, 5) is 12.0.